The fourth-order valence-electron chi connectivity index (χ4n) is 11.3. The van der Waals surface area contributed by atoms with Crippen molar-refractivity contribution >= 4 is 22.4 Å². The van der Waals surface area contributed by atoms with E-state index in [4.69, 9.17) is 24.2 Å². The van der Waals surface area contributed by atoms with Gasteiger partial charge in [0.1, 0.15) is 29.9 Å². The van der Waals surface area contributed by atoms with Gasteiger partial charge in [-0.25, -0.2) is 0 Å². The Morgan fingerprint density at radius 2 is 1.62 bits per heavy atom. The molecule has 340 valence electrons. The van der Waals surface area contributed by atoms with E-state index in [1.165, 1.54) is 25.7 Å². The molecule has 0 saturated heterocycles. The minimum absolute atomic E-state index is 0.118. The molecule has 3 aliphatic carbocycles. The van der Waals surface area contributed by atoms with Crippen LogP contribution in [-0.4, -0.2) is 64.9 Å². The quantitative estimate of drug-likeness (QED) is 0.0460. The Balaban J connectivity index is 1.28. The van der Waals surface area contributed by atoms with Crippen LogP contribution in [0.4, 0.5) is 0 Å². The maximum atomic E-state index is 14.9. The van der Waals surface area contributed by atoms with Gasteiger partial charge < -0.3 is 34.2 Å². The summed E-state index contributed by atoms with van der Waals surface area (Å²) in [5.74, 6) is 1.35. The predicted octanol–water partition coefficient (Wildman–Crippen LogP) is 11.7. The van der Waals surface area contributed by atoms with E-state index < -0.39 is 11.8 Å². The summed E-state index contributed by atoms with van der Waals surface area (Å²) in [4.78, 5) is 23.2. The molecular weight excluding hydrogens is 801 g/mol. The first kappa shape index (κ1) is 45.6. The maximum Gasteiger partial charge on any atom is 0.239 e. The van der Waals surface area contributed by atoms with E-state index in [0.29, 0.717) is 50.5 Å². The molecule has 2 N–H and O–H groups in total. The predicted molar refractivity (Wildman–Crippen MR) is 253 cm³/mol. The van der Waals surface area contributed by atoms with Crippen LogP contribution < -0.4 is 9.47 Å². The topological polar surface area (TPSA) is 110 Å². The molecular formula is C55H68N2O7. The summed E-state index contributed by atoms with van der Waals surface area (Å²) >= 11 is 0. The fraction of sp³-hybridized carbons (Fsp3) is 0.491. The number of ether oxygens (including phenoxy) is 3. The lowest BCUT2D eigenvalue weighted by molar-refractivity contribution is -0.257. The van der Waals surface area contributed by atoms with Crippen molar-refractivity contribution in [1.82, 2.24) is 4.90 Å². The van der Waals surface area contributed by atoms with Crippen molar-refractivity contribution in [3.63, 3.8) is 0 Å². The van der Waals surface area contributed by atoms with E-state index in [-0.39, 0.29) is 49.4 Å². The van der Waals surface area contributed by atoms with Gasteiger partial charge >= 0.3 is 0 Å². The fourth-order valence-corrected chi connectivity index (χ4v) is 11.3. The van der Waals surface area contributed by atoms with Crippen molar-refractivity contribution in [2.24, 2.45) is 28.8 Å². The molecule has 2 saturated carbocycles. The zero-order chi connectivity index (χ0) is 44.3. The lowest BCUT2D eigenvalue weighted by atomic mass is 9.55. The maximum absolute atomic E-state index is 14.9. The minimum Gasteiger partial charge on any atom is -0.459 e. The molecule has 4 aromatic rings. The molecule has 0 bridgehead atoms. The number of aliphatic hydroxyl groups excluding tert-OH is 2. The largest absolute Gasteiger partial charge is 0.459 e. The number of oxime groups is 1. The Morgan fingerprint density at radius 1 is 0.891 bits per heavy atom. The van der Waals surface area contributed by atoms with Gasteiger partial charge in [-0.05, 0) is 109 Å². The summed E-state index contributed by atoms with van der Waals surface area (Å²) in [7, 11) is 0. The highest BCUT2D eigenvalue weighted by Crippen LogP contribution is 2.62. The summed E-state index contributed by atoms with van der Waals surface area (Å²) < 4.78 is 21.4. The van der Waals surface area contributed by atoms with Gasteiger partial charge in [-0.1, -0.05) is 123 Å². The summed E-state index contributed by atoms with van der Waals surface area (Å²) in [6.45, 7) is 7.60. The van der Waals surface area contributed by atoms with Gasteiger partial charge in [0.15, 0.2) is 0 Å². The average Bonchev–Trinajstić information content (AvgIpc) is 3.85. The van der Waals surface area contributed by atoms with Crippen LogP contribution in [-0.2, 0) is 21.0 Å². The lowest BCUT2D eigenvalue weighted by Crippen LogP contribution is -2.70. The molecule has 4 aromatic carbocycles. The molecule has 9 nitrogen and oxygen atoms in total. The van der Waals surface area contributed by atoms with Gasteiger partial charge in [0, 0.05) is 44.1 Å². The molecule has 0 unspecified atom stereocenters. The van der Waals surface area contributed by atoms with Crippen molar-refractivity contribution < 1.29 is 34.1 Å². The molecule has 1 aliphatic heterocycles. The molecule has 64 heavy (non-hydrogen) atoms. The normalized spacial score (nSPS) is 24.4. The van der Waals surface area contributed by atoms with Crippen LogP contribution in [0.3, 0.4) is 0 Å². The lowest BCUT2D eigenvalue weighted by Gasteiger charge is -2.60. The Morgan fingerprint density at radius 3 is 2.39 bits per heavy atom. The van der Waals surface area contributed by atoms with Crippen molar-refractivity contribution in [1.29, 1.82) is 0 Å². The third-order valence-electron chi connectivity index (χ3n) is 14.3. The van der Waals surface area contributed by atoms with Crippen molar-refractivity contribution in [3.05, 3.63) is 126 Å². The first-order chi connectivity index (χ1) is 31.5. The average molecular weight is 869 g/mol. The Kier molecular flexibility index (Phi) is 15.5. The molecule has 0 aromatic heterocycles. The first-order valence-electron chi connectivity index (χ1n) is 24.2. The van der Waals surface area contributed by atoms with Crippen molar-refractivity contribution in [2.45, 2.75) is 121 Å². The summed E-state index contributed by atoms with van der Waals surface area (Å²) in [5, 5.41) is 27.3. The second-order valence-electron chi connectivity index (χ2n) is 18.4. The second kappa shape index (κ2) is 21.8. The molecule has 8 rings (SSSR count). The monoisotopic (exact) mass is 869 g/mol. The Hall–Kier alpha value is -4.96. The van der Waals surface area contributed by atoms with Crippen molar-refractivity contribution in [3.8, 4) is 17.2 Å². The standard InChI is InChI=1S/C55H68N2O7/c1-3-30-57(52(60)29-24-39-16-8-9-17-39)51-37-49(56-62-38-40-18-6-5-7-19-40)47-35-43(22-12-14-31-58)46(23-13-15-32-59)53-48-36-45(63-44-26-25-41-20-10-11-21-42(41)34-44)27-28-50(48)64-55(51,54(47)53)61-33-4-2/h4-7,10-11,18-21,25-28,34-36,39,43,46,51,53-54,58-59H,2-3,8-9,12-17,22-24,29-33,37-38H2,1H3/t43-,46+,51-,53+,54+,55+/m0/s1. The number of allylic oxidation sites excluding steroid dienone is 1. The number of aliphatic hydroxyl groups is 2. The molecule has 1 heterocycles. The highest BCUT2D eigenvalue weighted by Gasteiger charge is 2.65. The smallest absolute Gasteiger partial charge is 0.239 e. The van der Waals surface area contributed by atoms with E-state index in [9.17, 15) is 15.0 Å². The third-order valence-corrected chi connectivity index (χ3v) is 14.3. The van der Waals surface area contributed by atoms with Crippen LogP contribution >= 0.6 is 0 Å². The number of amides is 1. The summed E-state index contributed by atoms with van der Waals surface area (Å²) in [6, 6.07) is 30.2. The van der Waals surface area contributed by atoms with Crippen molar-refractivity contribution in [2.75, 3.05) is 26.4 Å². The number of benzene rings is 4. The van der Waals surface area contributed by atoms with Crippen LogP contribution in [0.2, 0.25) is 0 Å². The highest BCUT2D eigenvalue weighted by molar-refractivity contribution is 6.03. The SMILES string of the molecule is C=CCO[C@@]12Oc3ccc(Oc4ccc5ccccc5c4)cc3[C@H]3[C@H](CCCCO)[C@@H](CCCCO)C=C(C(=NOCc4ccccc4)C[C@@H]1N(CCC)C(=O)CCC1CCCC1)[C@H]32. The molecule has 0 radical (unpaired) electrons. The molecule has 1 amide bonds. The van der Waals surface area contributed by atoms with Crippen LogP contribution in [0, 0.1) is 23.7 Å². The van der Waals surface area contributed by atoms with Crippen LogP contribution in [0.15, 0.2) is 120 Å². The van der Waals surface area contributed by atoms with Crippen LogP contribution in [0.5, 0.6) is 17.2 Å². The number of carbonyl (C=O) groups is 1. The van der Waals surface area contributed by atoms with E-state index in [1.807, 2.05) is 60.7 Å². The molecule has 9 heteroatoms. The van der Waals surface area contributed by atoms with Crippen LogP contribution in [0.1, 0.15) is 114 Å². The Bertz CT molecular complexity index is 2230. The number of rotatable bonds is 22. The van der Waals surface area contributed by atoms with E-state index in [1.54, 1.807) is 6.08 Å². The van der Waals surface area contributed by atoms with Gasteiger partial charge in [-0.3, -0.25) is 4.79 Å². The van der Waals surface area contributed by atoms with Gasteiger partial charge in [-0.2, -0.15) is 0 Å². The van der Waals surface area contributed by atoms with E-state index >= 15 is 0 Å². The number of unbranched alkanes of at least 4 members (excludes halogenated alkanes) is 2. The van der Waals surface area contributed by atoms with Gasteiger partial charge in [-0.15, -0.1) is 6.58 Å². The number of hydrogen-bond acceptors (Lipinski definition) is 8. The second-order valence-corrected chi connectivity index (χ2v) is 18.4. The molecule has 4 aliphatic rings. The zero-order valence-corrected chi connectivity index (χ0v) is 37.8. The van der Waals surface area contributed by atoms with Gasteiger partial charge in [0.05, 0.1) is 18.2 Å². The molecule has 6 atom stereocenters. The van der Waals surface area contributed by atoms with Gasteiger partial charge in [0.2, 0.25) is 11.7 Å². The number of carbonyl (C=O) groups excluding carboxylic acids is 1. The number of fused-ring (bicyclic) bond motifs is 3. The Labute approximate surface area is 380 Å². The minimum atomic E-state index is -1.28. The van der Waals surface area contributed by atoms with Crippen LogP contribution in [0.25, 0.3) is 10.8 Å². The highest BCUT2D eigenvalue weighted by atomic mass is 16.7. The molecule has 2 fully saturated rings. The number of nitrogens with zero attached hydrogens (tertiary/aromatic N) is 2. The molecule has 0 spiro atoms. The first-order valence-corrected chi connectivity index (χ1v) is 24.2. The number of hydrogen-bond donors (Lipinski definition) is 2. The van der Waals surface area contributed by atoms with Gasteiger partial charge in [0.25, 0.3) is 0 Å². The summed E-state index contributed by atoms with van der Waals surface area (Å²) in [5.41, 5.74) is 3.91. The zero-order valence-electron chi connectivity index (χ0n) is 37.8. The third kappa shape index (κ3) is 10.1. The van der Waals surface area contributed by atoms with E-state index in [2.05, 4.69) is 54.8 Å². The summed E-state index contributed by atoms with van der Waals surface area (Å²) in [6.07, 6.45) is 16.4. The van der Waals surface area contributed by atoms with E-state index in [0.717, 1.165) is 83.2 Å².